The molecule has 0 aliphatic heterocycles. The Labute approximate surface area is 122 Å². The first-order valence-corrected chi connectivity index (χ1v) is 7.51. The van der Waals surface area contributed by atoms with Gasteiger partial charge in [0.1, 0.15) is 11.5 Å². The van der Waals surface area contributed by atoms with Gasteiger partial charge in [-0.05, 0) is 31.9 Å². The number of hydrogen-bond donors (Lipinski definition) is 2. The standard InChI is InChI=1S/C16H27NO3/c1-3-10-19-15-8-7-14(13-17-4-2)16(12-15)20-11-6-5-9-18/h7-8,12,17-18H,3-6,9-11,13H2,1-2H3. The molecule has 0 fully saturated rings. The first-order chi connectivity index (χ1) is 9.81. The molecule has 0 radical (unpaired) electrons. The van der Waals surface area contributed by atoms with Crippen LogP contribution in [0.15, 0.2) is 18.2 Å². The minimum atomic E-state index is 0.216. The predicted molar refractivity (Wildman–Crippen MR) is 81.4 cm³/mol. The molecule has 4 nitrogen and oxygen atoms in total. The van der Waals surface area contributed by atoms with E-state index in [1.807, 2.05) is 12.1 Å². The van der Waals surface area contributed by atoms with Crippen LogP contribution in [0.2, 0.25) is 0 Å². The van der Waals surface area contributed by atoms with E-state index in [-0.39, 0.29) is 6.61 Å². The van der Waals surface area contributed by atoms with Crippen LogP contribution in [0.3, 0.4) is 0 Å². The molecule has 0 atom stereocenters. The Morgan fingerprint density at radius 3 is 2.65 bits per heavy atom. The van der Waals surface area contributed by atoms with Gasteiger partial charge in [0.25, 0.3) is 0 Å². The average Bonchev–Trinajstić information content (AvgIpc) is 2.48. The summed E-state index contributed by atoms with van der Waals surface area (Å²) in [5, 5.41) is 12.1. The molecule has 0 heterocycles. The van der Waals surface area contributed by atoms with Crippen molar-refractivity contribution in [2.24, 2.45) is 0 Å². The maximum atomic E-state index is 8.79. The van der Waals surface area contributed by atoms with Gasteiger partial charge in [-0.15, -0.1) is 0 Å². The summed E-state index contributed by atoms with van der Waals surface area (Å²) in [6.45, 7) is 7.45. The van der Waals surface area contributed by atoms with Gasteiger partial charge in [0.2, 0.25) is 0 Å². The summed E-state index contributed by atoms with van der Waals surface area (Å²) in [7, 11) is 0. The van der Waals surface area contributed by atoms with Gasteiger partial charge in [-0.1, -0.05) is 19.9 Å². The predicted octanol–water partition coefficient (Wildman–Crippen LogP) is 2.74. The fraction of sp³-hybridized carbons (Fsp3) is 0.625. The van der Waals surface area contributed by atoms with E-state index in [0.717, 1.165) is 56.0 Å². The third-order valence-corrected chi connectivity index (χ3v) is 2.89. The minimum Gasteiger partial charge on any atom is -0.493 e. The van der Waals surface area contributed by atoms with Gasteiger partial charge in [0.05, 0.1) is 13.2 Å². The molecule has 0 saturated heterocycles. The molecule has 0 spiro atoms. The van der Waals surface area contributed by atoms with Crippen LogP contribution in [0.5, 0.6) is 11.5 Å². The number of unbranched alkanes of at least 4 members (excludes halogenated alkanes) is 1. The highest BCUT2D eigenvalue weighted by atomic mass is 16.5. The molecule has 1 rings (SSSR count). The molecular weight excluding hydrogens is 254 g/mol. The fourth-order valence-electron chi connectivity index (χ4n) is 1.78. The second-order valence-electron chi connectivity index (χ2n) is 4.68. The maximum absolute atomic E-state index is 8.79. The third kappa shape index (κ3) is 6.26. The smallest absolute Gasteiger partial charge is 0.127 e. The number of nitrogens with one attached hydrogen (secondary N) is 1. The molecule has 114 valence electrons. The Bertz CT molecular complexity index is 369. The summed E-state index contributed by atoms with van der Waals surface area (Å²) in [5.74, 6) is 1.72. The van der Waals surface area contributed by atoms with Gasteiger partial charge in [0, 0.05) is 24.8 Å². The molecule has 0 bridgehead atoms. The van der Waals surface area contributed by atoms with E-state index in [9.17, 15) is 0 Å². The molecular formula is C16H27NO3. The highest BCUT2D eigenvalue weighted by Crippen LogP contribution is 2.25. The maximum Gasteiger partial charge on any atom is 0.127 e. The fourth-order valence-corrected chi connectivity index (χ4v) is 1.78. The average molecular weight is 281 g/mol. The van der Waals surface area contributed by atoms with E-state index in [4.69, 9.17) is 14.6 Å². The normalized spacial score (nSPS) is 10.6. The number of aliphatic hydroxyl groups excluding tert-OH is 1. The second kappa shape index (κ2) is 10.5. The lowest BCUT2D eigenvalue weighted by molar-refractivity contribution is 0.250. The van der Waals surface area contributed by atoms with Crippen LogP contribution in [0.1, 0.15) is 38.7 Å². The molecule has 0 amide bonds. The van der Waals surface area contributed by atoms with Crippen LogP contribution in [-0.4, -0.2) is 31.5 Å². The van der Waals surface area contributed by atoms with E-state index in [2.05, 4.69) is 25.2 Å². The number of ether oxygens (including phenoxy) is 2. The molecule has 0 aromatic heterocycles. The van der Waals surface area contributed by atoms with Crippen molar-refractivity contribution in [2.45, 2.75) is 39.7 Å². The van der Waals surface area contributed by atoms with Crippen LogP contribution in [0.25, 0.3) is 0 Å². The van der Waals surface area contributed by atoms with Crippen molar-refractivity contribution in [1.29, 1.82) is 0 Å². The summed E-state index contributed by atoms with van der Waals surface area (Å²) in [5.41, 5.74) is 1.14. The molecule has 20 heavy (non-hydrogen) atoms. The summed E-state index contributed by atoms with van der Waals surface area (Å²) < 4.78 is 11.5. The Balaban J connectivity index is 2.66. The largest absolute Gasteiger partial charge is 0.493 e. The monoisotopic (exact) mass is 281 g/mol. The molecule has 2 N–H and O–H groups in total. The lowest BCUT2D eigenvalue weighted by Crippen LogP contribution is -2.13. The number of benzene rings is 1. The zero-order valence-corrected chi connectivity index (χ0v) is 12.7. The van der Waals surface area contributed by atoms with Crippen molar-refractivity contribution in [2.75, 3.05) is 26.4 Å². The van der Waals surface area contributed by atoms with Crippen molar-refractivity contribution in [3.05, 3.63) is 23.8 Å². The lowest BCUT2D eigenvalue weighted by Gasteiger charge is -2.14. The molecule has 1 aromatic carbocycles. The zero-order valence-electron chi connectivity index (χ0n) is 12.7. The van der Waals surface area contributed by atoms with E-state index in [0.29, 0.717) is 6.61 Å². The van der Waals surface area contributed by atoms with Crippen molar-refractivity contribution < 1.29 is 14.6 Å². The van der Waals surface area contributed by atoms with Crippen molar-refractivity contribution in [3.63, 3.8) is 0 Å². The molecule has 0 aliphatic rings. The first-order valence-electron chi connectivity index (χ1n) is 7.51. The topological polar surface area (TPSA) is 50.7 Å². The summed E-state index contributed by atoms with van der Waals surface area (Å²) in [6, 6.07) is 6.00. The molecule has 1 aromatic rings. The zero-order chi connectivity index (χ0) is 14.6. The van der Waals surface area contributed by atoms with E-state index in [1.165, 1.54) is 0 Å². The number of hydrogen-bond acceptors (Lipinski definition) is 4. The molecule has 0 saturated carbocycles. The van der Waals surface area contributed by atoms with Gasteiger partial charge in [-0.3, -0.25) is 0 Å². The summed E-state index contributed by atoms with van der Waals surface area (Å²) >= 11 is 0. The van der Waals surface area contributed by atoms with Crippen molar-refractivity contribution in [3.8, 4) is 11.5 Å². The van der Waals surface area contributed by atoms with Crippen LogP contribution in [-0.2, 0) is 6.54 Å². The highest BCUT2D eigenvalue weighted by Gasteiger charge is 2.06. The minimum absolute atomic E-state index is 0.216. The van der Waals surface area contributed by atoms with Crippen LogP contribution >= 0.6 is 0 Å². The quantitative estimate of drug-likeness (QED) is 0.612. The first kappa shape index (κ1) is 16.8. The van der Waals surface area contributed by atoms with Crippen molar-refractivity contribution >= 4 is 0 Å². The number of aliphatic hydroxyl groups is 1. The van der Waals surface area contributed by atoms with Gasteiger partial charge in [-0.25, -0.2) is 0 Å². The number of rotatable bonds is 11. The van der Waals surface area contributed by atoms with Crippen LogP contribution < -0.4 is 14.8 Å². The molecule has 0 aliphatic carbocycles. The van der Waals surface area contributed by atoms with Gasteiger partial charge < -0.3 is 19.9 Å². The molecule has 0 unspecified atom stereocenters. The van der Waals surface area contributed by atoms with Crippen molar-refractivity contribution in [1.82, 2.24) is 5.32 Å². The SMILES string of the molecule is CCCOc1ccc(CNCC)c(OCCCCO)c1. The molecule has 4 heteroatoms. The Kier molecular flexibility index (Phi) is 8.83. The van der Waals surface area contributed by atoms with Gasteiger partial charge in [0.15, 0.2) is 0 Å². The third-order valence-electron chi connectivity index (χ3n) is 2.89. The summed E-state index contributed by atoms with van der Waals surface area (Å²) in [4.78, 5) is 0. The Morgan fingerprint density at radius 2 is 1.95 bits per heavy atom. The van der Waals surface area contributed by atoms with Crippen LogP contribution in [0.4, 0.5) is 0 Å². The Hall–Kier alpha value is -1.26. The summed E-state index contributed by atoms with van der Waals surface area (Å²) in [6.07, 6.45) is 2.62. The van der Waals surface area contributed by atoms with E-state index >= 15 is 0 Å². The lowest BCUT2D eigenvalue weighted by atomic mass is 10.2. The van der Waals surface area contributed by atoms with Gasteiger partial charge in [-0.2, -0.15) is 0 Å². The van der Waals surface area contributed by atoms with E-state index in [1.54, 1.807) is 0 Å². The van der Waals surface area contributed by atoms with E-state index < -0.39 is 0 Å². The van der Waals surface area contributed by atoms with Crippen LogP contribution in [0, 0.1) is 0 Å². The second-order valence-corrected chi connectivity index (χ2v) is 4.68. The van der Waals surface area contributed by atoms with Gasteiger partial charge >= 0.3 is 0 Å². The highest BCUT2D eigenvalue weighted by molar-refractivity contribution is 5.40. The Morgan fingerprint density at radius 1 is 1.10 bits per heavy atom.